The molecule has 21 heavy (non-hydrogen) atoms. The largest absolute Gasteiger partial charge is 0.493 e. The molecule has 0 radical (unpaired) electrons. The van der Waals surface area contributed by atoms with Crippen LogP contribution in [-0.2, 0) is 12.8 Å². The van der Waals surface area contributed by atoms with Crippen LogP contribution in [0.3, 0.4) is 0 Å². The summed E-state index contributed by atoms with van der Waals surface area (Å²) in [6.45, 7) is 0. The van der Waals surface area contributed by atoms with Crippen LogP contribution < -0.4 is 15.2 Å². The van der Waals surface area contributed by atoms with E-state index in [1.54, 1.807) is 14.2 Å². The molecule has 0 saturated carbocycles. The third-order valence-corrected chi connectivity index (χ3v) is 4.16. The van der Waals surface area contributed by atoms with Gasteiger partial charge >= 0.3 is 0 Å². The second-order valence-electron chi connectivity index (χ2n) is 4.95. The lowest BCUT2D eigenvalue weighted by Gasteiger charge is -2.14. The van der Waals surface area contributed by atoms with Gasteiger partial charge < -0.3 is 15.2 Å². The Morgan fingerprint density at radius 1 is 1.00 bits per heavy atom. The third-order valence-electron chi connectivity index (χ3n) is 3.39. The Hall–Kier alpha value is -1.52. The lowest BCUT2D eigenvalue weighted by Crippen LogP contribution is -2.25. The zero-order chi connectivity index (χ0) is 15.2. The standard InChI is InChI=1S/C17H20BrNO2/c1-20-16-8-7-12(10-17(16)21-2)9-14(19)11-13-5-3-4-6-15(13)18/h3-8,10,14H,9,11,19H2,1-2H3. The third kappa shape index (κ3) is 4.22. The van der Waals surface area contributed by atoms with Crippen LogP contribution in [0.25, 0.3) is 0 Å². The minimum absolute atomic E-state index is 0.0572. The van der Waals surface area contributed by atoms with E-state index >= 15 is 0 Å². The van der Waals surface area contributed by atoms with Crippen LogP contribution in [0.15, 0.2) is 46.9 Å². The van der Waals surface area contributed by atoms with Crippen molar-refractivity contribution in [1.29, 1.82) is 0 Å². The molecule has 0 aliphatic rings. The molecule has 0 aliphatic heterocycles. The molecule has 2 rings (SSSR count). The van der Waals surface area contributed by atoms with Gasteiger partial charge in [-0.1, -0.05) is 40.2 Å². The van der Waals surface area contributed by atoms with Crippen molar-refractivity contribution in [3.05, 3.63) is 58.1 Å². The van der Waals surface area contributed by atoms with Crippen LogP contribution in [0.2, 0.25) is 0 Å². The van der Waals surface area contributed by atoms with Gasteiger partial charge in [-0.3, -0.25) is 0 Å². The van der Waals surface area contributed by atoms with Crippen molar-refractivity contribution < 1.29 is 9.47 Å². The number of hydrogen-bond acceptors (Lipinski definition) is 3. The van der Waals surface area contributed by atoms with E-state index in [2.05, 4.69) is 22.0 Å². The van der Waals surface area contributed by atoms with Crippen molar-refractivity contribution in [3.8, 4) is 11.5 Å². The van der Waals surface area contributed by atoms with Crippen LogP contribution in [0.4, 0.5) is 0 Å². The number of rotatable bonds is 6. The molecule has 0 bridgehead atoms. The minimum atomic E-state index is 0.0572. The maximum atomic E-state index is 6.28. The average molecular weight is 350 g/mol. The number of methoxy groups -OCH3 is 2. The van der Waals surface area contributed by atoms with Gasteiger partial charge in [0, 0.05) is 10.5 Å². The topological polar surface area (TPSA) is 44.5 Å². The first-order valence-corrected chi connectivity index (χ1v) is 7.63. The molecule has 0 fully saturated rings. The molecule has 0 spiro atoms. The molecule has 2 aromatic carbocycles. The van der Waals surface area contributed by atoms with Crippen LogP contribution in [0.5, 0.6) is 11.5 Å². The fourth-order valence-corrected chi connectivity index (χ4v) is 2.78. The van der Waals surface area contributed by atoms with Gasteiger partial charge in [0.15, 0.2) is 11.5 Å². The van der Waals surface area contributed by atoms with E-state index in [1.165, 1.54) is 5.56 Å². The summed E-state index contributed by atoms with van der Waals surface area (Å²) in [6.07, 6.45) is 1.62. The van der Waals surface area contributed by atoms with Crippen molar-refractivity contribution in [3.63, 3.8) is 0 Å². The van der Waals surface area contributed by atoms with Gasteiger partial charge in [0.2, 0.25) is 0 Å². The van der Waals surface area contributed by atoms with Crippen LogP contribution in [0.1, 0.15) is 11.1 Å². The van der Waals surface area contributed by atoms with Gasteiger partial charge in [-0.15, -0.1) is 0 Å². The van der Waals surface area contributed by atoms with Gasteiger partial charge in [-0.25, -0.2) is 0 Å². The summed E-state index contributed by atoms with van der Waals surface area (Å²) in [5, 5.41) is 0. The highest BCUT2D eigenvalue weighted by Gasteiger charge is 2.10. The average Bonchev–Trinajstić information content (AvgIpc) is 2.49. The first-order valence-electron chi connectivity index (χ1n) is 6.84. The quantitative estimate of drug-likeness (QED) is 0.866. The summed E-state index contributed by atoms with van der Waals surface area (Å²) in [4.78, 5) is 0. The lowest BCUT2D eigenvalue weighted by molar-refractivity contribution is 0.354. The Bertz CT molecular complexity index is 601. The summed E-state index contributed by atoms with van der Waals surface area (Å²) < 4.78 is 11.7. The van der Waals surface area contributed by atoms with E-state index in [0.29, 0.717) is 0 Å². The Morgan fingerprint density at radius 3 is 2.38 bits per heavy atom. The van der Waals surface area contributed by atoms with Crippen LogP contribution in [-0.4, -0.2) is 20.3 Å². The molecule has 0 saturated heterocycles. The second-order valence-corrected chi connectivity index (χ2v) is 5.80. The molecule has 0 amide bonds. The molecule has 1 atom stereocenters. The zero-order valence-electron chi connectivity index (χ0n) is 12.3. The Balaban J connectivity index is 2.06. The number of ether oxygens (including phenoxy) is 2. The molecular formula is C17H20BrNO2. The van der Waals surface area contributed by atoms with Gasteiger partial charge in [0.05, 0.1) is 14.2 Å². The molecule has 2 N–H and O–H groups in total. The normalized spacial score (nSPS) is 12.0. The lowest BCUT2D eigenvalue weighted by atomic mass is 9.99. The Kier molecular flexibility index (Phi) is 5.65. The highest BCUT2D eigenvalue weighted by atomic mass is 79.9. The zero-order valence-corrected chi connectivity index (χ0v) is 13.9. The van der Waals surface area contributed by atoms with Gasteiger partial charge in [0.1, 0.15) is 0 Å². The highest BCUT2D eigenvalue weighted by molar-refractivity contribution is 9.10. The molecule has 0 heterocycles. The summed E-state index contributed by atoms with van der Waals surface area (Å²) in [6, 6.07) is 14.2. The summed E-state index contributed by atoms with van der Waals surface area (Å²) in [5.41, 5.74) is 8.65. The smallest absolute Gasteiger partial charge is 0.160 e. The van der Waals surface area contributed by atoms with Crippen molar-refractivity contribution in [2.75, 3.05) is 14.2 Å². The van der Waals surface area contributed by atoms with E-state index in [4.69, 9.17) is 15.2 Å². The Morgan fingerprint density at radius 2 is 1.71 bits per heavy atom. The number of benzene rings is 2. The molecule has 0 aromatic heterocycles. The van der Waals surface area contributed by atoms with Gasteiger partial charge in [-0.05, 0) is 42.2 Å². The molecule has 112 valence electrons. The minimum Gasteiger partial charge on any atom is -0.493 e. The van der Waals surface area contributed by atoms with E-state index in [9.17, 15) is 0 Å². The predicted molar refractivity (Wildman–Crippen MR) is 89.1 cm³/mol. The van der Waals surface area contributed by atoms with E-state index < -0.39 is 0 Å². The summed E-state index contributed by atoms with van der Waals surface area (Å²) in [7, 11) is 3.28. The Labute approximate surface area is 134 Å². The fraction of sp³-hybridized carbons (Fsp3) is 0.294. The molecule has 0 aliphatic carbocycles. The predicted octanol–water partition coefficient (Wildman–Crippen LogP) is 3.58. The van der Waals surface area contributed by atoms with Crippen molar-refractivity contribution in [2.24, 2.45) is 5.73 Å². The van der Waals surface area contributed by atoms with Crippen molar-refractivity contribution in [2.45, 2.75) is 18.9 Å². The van der Waals surface area contributed by atoms with E-state index in [1.807, 2.05) is 36.4 Å². The van der Waals surface area contributed by atoms with E-state index in [-0.39, 0.29) is 6.04 Å². The van der Waals surface area contributed by atoms with Crippen LogP contribution >= 0.6 is 15.9 Å². The maximum absolute atomic E-state index is 6.28. The summed E-state index contributed by atoms with van der Waals surface area (Å²) in [5.74, 6) is 1.48. The maximum Gasteiger partial charge on any atom is 0.160 e. The number of nitrogens with two attached hydrogens (primary N) is 1. The molecular weight excluding hydrogens is 330 g/mol. The number of hydrogen-bond donors (Lipinski definition) is 1. The van der Waals surface area contributed by atoms with E-state index in [0.717, 1.165) is 34.4 Å². The van der Waals surface area contributed by atoms with Crippen molar-refractivity contribution in [1.82, 2.24) is 0 Å². The van der Waals surface area contributed by atoms with Crippen molar-refractivity contribution >= 4 is 15.9 Å². The first kappa shape index (κ1) is 15.9. The fourth-order valence-electron chi connectivity index (χ4n) is 2.33. The van der Waals surface area contributed by atoms with Gasteiger partial charge in [-0.2, -0.15) is 0 Å². The van der Waals surface area contributed by atoms with Gasteiger partial charge in [0.25, 0.3) is 0 Å². The highest BCUT2D eigenvalue weighted by Crippen LogP contribution is 2.28. The molecule has 4 heteroatoms. The monoisotopic (exact) mass is 349 g/mol. The molecule has 1 unspecified atom stereocenters. The molecule has 2 aromatic rings. The SMILES string of the molecule is COc1ccc(CC(N)Cc2ccccc2Br)cc1OC. The second kappa shape index (κ2) is 7.48. The molecule has 3 nitrogen and oxygen atoms in total. The van der Waals surface area contributed by atoms with Crippen LogP contribution in [0, 0.1) is 0 Å². The summed E-state index contributed by atoms with van der Waals surface area (Å²) >= 11 is 3.56. The number of halogens is 1. The first-order chi connectivity index (χ1) is 10.1.